The van der Waals surface area contributed by atoms with E-state index in [1.807, 2.05) is 0 Å². The third-order valence-corrected chi connectivity index (χ3v) is 11.5. The first-order valence-corrected chi connectivity index (χ1v) is 19.9. The van der Waals surface area contributed by atoms with Crippen molar-refractivity contribution in [3.8, 4) is 39.1 Å². The van der Waals surface area contributed by atoms with Crippen molar-refractivity contribution < 1.29 is 0 Å². The maximum absolute atomic E-state index is 2.46. The lowest BCUT2D eigenvalue weighted by atomic mass is 9.99. The molecule has 1 heterocycles. The number of hydrogen-bond donors (Lipinski definition) is 0. The zero-order chi connectivity index (χ0) is 38.4. The fourth-order valence-corrected chi connectivity index (χ4v) is 8.80. The molecule has 2 nitrogen and oxygen atoms in total. The van der Waals surface area contributed by atoms with Gasteiger partial charge in [0.15, 0.2) is 0 Å². The highest BCUT2D eigenvalue weighted by atomic mass is 15.1. The summed E-state index contributed by atoms with van der Waals surface area (Å²) in [4.78, 5) is 2.44. The maximum Gasteiger partial charge on any atom is 0.0547 e. The normalized spacial score (nSPS) is 11.4. The molecule has 1 aromatic heterocycles. The van der Waals surface area contributed by atoms with Crippen LogP contribution in [0.3, 0.4) is 0 Å². The van der Waals surface area contributed by atoms with Gasteiger partial charge in [0.25, 0.3) is 0 Å². The van der Waals surface area contributed by atoms with E-state index in [9.17, 15) is 0 Å². The molecule has 0 N–H and O–H groups in total. The first-order chi connectivity index (χ1) is 28.8. The van der Waals surface area contributed by atoms with E-state index in [1.54, 1.807) is 0 Å². The first-order valence-electron chi connectivity index (χ1n) is 19.9. The molecule has 0 saturated carbocycles. The summed E-state index contributed by atoms with van der Waals surface area (Å²) in [7, 11) is 0. The molecule has 2 heteroatoms. The van der Waals surface area contributed by atoms with Crippen molar-refractivity contribution in [1.82, 2.24) is 4.57 Å². The van der Waals surface area contributed by atoms with Gasteiger partial charge in [-0.1, -0.05) is 176 Å². The van der Waals surface area contributed by atoms with Crippen molar-refractivity contribution in [2.75, 3.05) is 4.90 Å². The van der Waals surface area contributed by atoms with Gasteiger partial charge in [-0.15, -0.1) is 0 Å². The highest BCUT2D eigenvalue weighted by Gasteiger charge is 2.21. The molecule has 0 spiro atoms. The highest BCUT2D eigenvalue weighted by Crippen LogP contribution is 2.45. The Balaban J connectivity index is 1.17. The van der Waals surface area contributed by atoms with E-state index in [-0.39, 0.29) is 0 Å². The molecule has 10 aromatic carbocycles. The van der Waals surface area contributed by atoms with Crippen LogP contribution < -0.4 is 4.90 Å². The van der Waals surface area contributed by atoms with Crippen LogP contribution in [0.4, 0.5) is 17.1 Å². The number of rotatable bonds is 7. The van der Waals surface area contributed by atoms with Crippen LogP contribution in [0.2, 0.25) is 0 Å². The summed E-state index contributed by atoms with van der Waals surface area (Å²) in [5, 5.41) is 7.52. The number of aromatic nitrogens is 1. The van der Waals surface area contributed by atoms with E-state index in [0.717, 1.165) is 33.9 Å². The molecule has 272 valence electrons. The number of anilines is 3. The molecular weight excluding hydrogens is 701 g/mol. The number of nitrogens with zero attached hydrogens (tertiary/aromatic N) is 2. The molecule has 11 rings (SSSR count). The van der Waals surface area contributed by atoms with Crippen LogP contribution in [-0.2, 0) is 0 Å². The predicted octanol–water partition coefficient (Wildman–Crippen LogP) is 15.6. The lowest BCUT2D eigenvalue weighted by Crippen LogP contribution is -2.12. The van der Waals surface area contributed by atoms with Crippen molar-refractivity contribution in [3.05, 3.63) is 231 Å². The quantitative estimate of drug-likeness (QED) is 0.158. The van der Waals surface area contributed by atoms with Crippen LogP contribution in [0.15, 0.2) is 231 Å². The summed E-state index contributed by atoms with van der Waals surface area (Å²) < 4.78 is 2.46. The van der Waals surface area contributed by atoms with Crippen molar-refractivity contribution >= 4 is 60.4 Å². The van der Waals surface area contributed by atoms with Gasteiger partial charge in [0, 0.05) is 33.4 Å². The molecule has 58 heavy (non-hydrogen) atoms. The molecule has 0 bridgehead atoms. The molecule has 0 saturated heterocycles. The monoisotopic (exact) mass is 738 g/mol. The van der Waals surface area contributed by atoms with E-state index >= 15 is 0 Å². The molecule has 0 amide bonds. The maximum atomic E-state index is 2.46. The average Bonchev–Trinajstić information content (AvgIpc) is 3.65. The van der Waals surface area contributed by atoms with Gasteiger partial charge >= 0.3 is 0 Å². The third-order valence-electron chi connectivity index (χ3n) is 11.5. The molecule has 0 fully saturated rings. The lowest BCUT2D eigenvalue weighted by Gasteiger charge is -2.29. The Morgan fingerprint density at radius 3 is 1.72 bits per heavy atom. The largest absolute Gasteiger partial charge is 0.310 e. The smallest absolute Gasteiger partial charge is 0.0547 e. The Bertz CT molecular complexity index is 3270. The second-order valence-corrected chi connectivity index (χ2v) is 15.0. The van der Waals surface area contributed by atoms with Crippen molar-refractivity contribution in [3.63, 3.8) is 0 Å². The minimum absolute atomic E-state index is 1.07. The van der Waals surface area contributed by atoms with Gasteiger partial charge in [0.2, 0.25) is 0 Å². The second kappa shape index (κ2) is 14.1. The Hall–Kier alpha value is -7.68. The molecule has 0 aliphatic carbocycles. The Morgan fingerprint density at radius 2 is 0.914 bits per heavy atom. The fourth-order valence-electron chi connectivity index (χ4n) is 8.80. The van der Waals surface area contributed by atoms with E-state index in [4.69, 9.17) is 0 Å². The third kappa shape index (κ3) is 5.82. The van der Waals surface area contributed by atoms with Gasteiger partial charge in [-0.3, -0.25) is 0 Å². The molecular formula is C56H38N2. The summed E-state index contributed by atoms with van der Waals surface area (Å²) in [6.07, 6.45) is 0. The second-order valence-electron chi connectivity index (χ2n) is 15.0. The molecule has 0 aliphatic heterocycles. The van der Waals surface area contributed by atoms with Gasteiger partial charge in [-0.05, 0) is 104 Å². The van der Waals surface area contributed by atoms with Gasteiger partial charge < -0.3 is 9.47 Å². The van der Waals surface area contributed by atoms with Crippen LogP contribution in [0.25, 0.3) is 82.4 Å². The van der Waals surface area contributed by atoms with Crippen molar-refractivity contribution in [1.29, 1.82) is 0 Å². The zero-order valence-electron chi connectivity index (χ0n) is 31.8. The van der Waals surface area contributed by atoms with E-state index < -0.39 is 0 Å². The topological polar surface area (TPSA) is 8.17 Å². The summed E-state index contributed by atoms with van der Waals surface area (Å²) in [6, 6.07) is 83.8. The predicted molar refractivity (Wildman–Crippen MR) is 247 cm³/mol. The van der Waals surface area contributed by atoms with Gasteiger partial charge in [-0.2, -0.15) is 0 Å². The average molecular weight is 739 g/mol. The minimum Gasteiger partial charge on any atom is -0.310 e. The lowest BCUT2D eigenvalue weighted by molar-refractivity contribution is 1.17. The minimum atomic E-state index is 1.07. The summed E-state index contributed by atoms with van der Waals surface area (Å²) in [5.41, 5.74) is 13.8. The van der Waals surface area contributed by atoms with Crippen LogP contribution in [0.5, 0.6) is 0 Å². The van der Waals surface area contributed by atoms with E-state index in [2.05, 4.69) is 240 Å². The fraction of sp³-hybridized carbons (Fsp3) is 0. The number of para-hydroxylation sites is 2. The van der Waals surface area contributed by atoms with Crippen LogP contribution in [0.1, 0.15) is 0 Å². The SMILES string of the molecule is c1ccc(-c2cc(N(c3ccc(-c4ccc5ccccc5c4)cc3)c3ccccc3-c3ccccc3)cc(-n3c4ccccc4c4c5ccccc5ccc43)c2)cc1. The standard InChI is InChI=1S/C56H38N2/c1-3-15-39(16-4-1)46-36-48(38-49(37-46)58-54-26-14-12-24-52(54)56-51-23-10-9-20-43(51)31-34-55(56)58)57(53-25-13-11-22-50(53)42-18-5-2-6-19-42)47-32-29-41(30-33-47)45-28-27-40-17-7-8-21-44(40)35-45/h1-38H. The molecule has 11 aromatic rings. The first kappa shape index (κ1) is 33.6. The zero-order valence-corrected chi connectivity index (χ0v) is 31.8. The summed E-state index contributed by atoms with van der Waals surface area (Å²) in [5.74, 6) is 0. The Kier molecular flexibility index (Phi) is 8.19. The molecule has 0 atom stereocenters. The van der Waals surface area contributed by atoms with Gasteiger partial charge in [0.1, 0.15) is 0 Å². The van der Waals surface area contributed by atoms with E-state index in [0.29, 0.717) is 0 Å². The molecule has 0 radical (unpaired) electrons. The van der Waals surface area contributed by atoms with Crippen LogP contribution >= 0.6 is 0 Å². The summed E-state index contributed by atoms with van der Waals surface area (Å²) >= 11 is 0. The van der Waals surface area contributed by atoms with Gasteiger partial charge in [0.05, 0.1) is 16.7 Å². The summed E-state index contributed by atoms with van der Waals surface area (Å²) in [6.45, 7) is 0. The number of hydrogen-bond acceptors (Lipinski definition) is 1. The molecule has 0 aliphatic rings. The number of fused-ring (bicyclic) bond motifs is 6. The Morgan fingerprint density at radius 1 is 0.310 bits per heavy atom. The highest BCUT2D eigenvalue weighted by molar-refractivity contribution is 6.21. The van der Waals surface area contributed by atoms with Crippen LogP contribution in [-0.4, -0.2) is 4.57 Å². The number of benzene rings is 10. The van der Waals surface area contributed by atoms with Gasteiger partial charge in [-0.25, -0.2) is 0 Å². The van der Waals surface area contributed by atoms with Crippen molar-refractivity contribution in [2.24, 2.45) is 0 Å². The van der Waals surface area contributed by atoms with Crippen LogP contribution in [0, 0.1) is 0 Å². The molecule has 0 unspecified atom stereocenters. The van der Waals surface area contributed by atoms with Crippen molar-refractivity contribution in [2.45, 2.75) is 0 Å². The Labute approximate surface area is 338 Å². The van der Waals surface area contributed by atoms with E-state index in [1.165, 1.54) is 65.6 Å².